The van der Waals surface area contributed by atoms with Crippen LogP contribution in [0.4, 0.5) is 0 Å². The summed E-state index contributed by atoms with van der Waals surface area (Å²) in [6, 6.07) is 0. The molecule has 0 bridgehead atoms. The van der Waals surface area contributed by atoms with Crippen molar-refractivity contribution in [1.29, 1.82) is 0 Å². The summed E-state index contributed by atoms with van der Waals surface area (Å²) in [5, 5.41) is 8.76. The van der Waals surface area contributed by atoms with Crippen molar-refractivity contribution in [2.45, 2.75) is 33.1 Å². The van der Waals surface area contributed by atoms with Crippen LogP contribution in [0.25, 0.3) is 0 Å². The summed E-state index contributed by atoms with van der Waals surface area (Å²) in [6.45, 7) is 5.84. The van der Waals surface area contributed by atoms with E-state index in [1.165, 1.54) is 6.20 Å². The molecule has 2 rings (SSSR count). The van der Waals surface area contributed by atoms with E-state index < -0.39 is 5.97 Å². The summed E-state index contributed by atoms with van der Waals surface area (Å²) in [6.07, 6.45) is 5.39. The Hall–Kier alpha value is -1.98. The Kier molecular flexibility index (Phi) is 4.01. The molecule has 0 saturated carbocycles. The number of likely N-dealkylation sites (tertiary alicyclic amines) is 1. The minimum absolute atomic E-state index is 0.154. The molecule has 0 aromatic carbocycles. The Bertz CT molecular complexity index is 511. The van der Waals surface area contributed by atoms with Crippen molar-refractivity contribution in [3.05, 3.63) is 23.8 Å². The maximum absolute atomic E-state index is 12.3. The van der Waals surface area contributed by atoms with E-state index in [2.05, 4.69) is 23.8 Å². The van der Waals surface area contributed by atoms with E-state index >= 15 is 0 Å². The standard InChI is InChI=1S/C14H19N3O3/c1-14(2)4-3-6-17(7-5-14)12(18)10-8-16-11(9-15-10)13(19)20/h8-9H,3-7H2,1-2H3,(H,19,20). The van der Waals surface area contributed by atoms with E-state index in [9.17, 15) is 9.59 Å². The summed E-state index contributed by atoms with van der Waals surface area (Å²) < 4.78 is 0. The second kappa shape index (κ2) is 5.56. The van der Waals surface area contributed by atoms with E-state index in [-0.39, 0.29) is 22.7 Å². The molecule has 1 saturated heterocycles. The van der Waals surface area contributed by atoms with Gasteiger partial charge in [0.2, 0.25) is 0 Å². The van der Waals surface area contributed by atoms with Crippen LogP contribution in [0.5, 0.6) is 0 Å². The number of aromatic nitrogens is 2. The Morgan fingerprint density at radius 2 is 1.80 bits per heavy atom. The van der Waals surface area contributed by atoms with Gasteiger partial charge in [0.05, 0.1) is 12.4 Å². The zero-order chi connectivity index (χ0) is 14.8. The average Bonchev–Trinajstić information content (AvgIpc) is 2.59. The number of hydrogen-bond donors (Lipinski definition) is 1. The first-order chi connectivity index (χ1) is 9.39. The topological polar surface area (TPSA) is 83.4 Å². The van der Waals surface area contributed by atoms with Crippen LogP contribution >= 0.6 is 0 Å². The molecule has 0 spiro atoms. The van der Waals surface area contributed by atoms with Crippen molar-refractivity contribution >= 4 is 11.9 Å². The van der Waals surface area contributed by atoms with Gasteiger partial charge in [0.1, 0.15) is 5.69 Å². The summed E-state index contributed by atoms with van der Waals surface area (Å²) in [5.41, 5.74) is 0.307. The molecule has 20 heavy (non-hydrogen) atoms. The molecule has 1 amide bonds. The van der Waals surface area contributed by atoms with Gasteiger partial charge in [-0.2, -0.15) is 0 Å². The molecular weight excluding hydrogens is 258 g/mol. The van der Waals surface area contributed by atoms with Crippen molar-refractivity contribution in [2.75, 3.05) is 13.1 Å². The van der Waals surface area contributed by atoms with E-state index in [1.54, 1.807) is 4.90 Å². The van der Waals surface area contributed by atoms with E-state index in [1.807, 2.05) is 0 Å². The second-order valence-corrected chi connectivity index (χ2v) is 5.90. The lowest BCUT2D eigenvalue weighted by Crippen LogP contribution is -2.33. The molecule has 1 aliphatic heterocycles. The van der Waals surface area contributed by atoms with Crippen LogP contribution in [0.15, 0.2) is 12.4 Å². The molecule has 6 heteroatoms. The van der Waals surface area contributed by atoms with E-state index in [0.717, 1.165) is 25.5 Å². The third kappa shape index (κ3) is 3.31. The van der Waals surface area contributed by atoms with Crippen LogP contribution in [0.1, 0.15) is 54.1 Å². The Balaban J connectivity index is 2.09. The molecule has 108 valence electrons. The third-order valence-corrected chi connectivity index (χ3v) is 3.72. The number of nitrogens with zero attached hydrogens (tertiary/aromatic N) is 3. The molecule has 6 nitrogen and oxygen atoms in total. The number of amides is 1. The number of carbonyl (C=O) groups excluding carboxylic acids is 1. The Morgan fingerprint density at radius 3 is 2.40 bits per heavy atom. The normalized spacial score (nSPS) is 18.4. The molecule has 1 aromatic rings. The van der Waals surface area contributed by atoms with Crippen LogP contribution < -0.4 is 0 Å². The number of hydrogen-bond acceptors (Lipinski definition) is 4. The SMILES string of the molecule is CC1(C)CCCN(C(=O)c2cnc(C(=O)O)cn2)CC1. The highest BCUT2D eigenvalue weighted by molar-refractivity contribution is 5.92. The van der Waals surface area contributed by atoms with Crippen molar-refractivity contribution < 1.29 is 14.7 Å². The lowest BCUT2D eigenvalue weighted by molar-refractivity contribution is 0.0685. The first-order valence-corrected chi connectivity index (χ1v) is 6.74. The lowest BCUT2D eigenvalue weighted by Gasteiger charge is -2.23. The number of aromatic carboxylic acids is 1. The highest BCUT2D eigenvalue weighted by Crippen LogP contribution is 2.30. The molecule has 1 aliphatic rings. The molecule has 0 unspecified atom stereocenters. The smallest absolute Gasteiger partial charge is 0.356 e. The zero-order valence-electron chi connectivity index (χ0n) is 11.8. The van der Waals surface area contributed by atoms with Gasteiger partial charge in [-0.3, -0.25) is 4.79 Å². The van der Waals surface area contributed by atoms with Crippen LogP contribution in [0.3, 0.4) is 0 Å². The zero-order valence-corrected chi connectivity index (χ0v) is 11.8. The van der Waals surface area contributed by atoms with Gasteiger partial charge < -0.3 is 10.0 Å². The molecule has 1 aromatic heterocycles. The summed E-state index contributed by atoms with van der Waals surface area (Å²) in [4.78, 5) is 32.4. The molecule has 0 atom stereocenters. The highest BCUT2D eigenvalue weighted by atomic mass is 16.4. The van der Waals surface area contributed by atoms with Gasteiger partial charge in [-0.1, -0.05) is 13.8 Å². The fourth-order valence-corrected chi connectivity index (χ4v) is 2.34. The van der Waals surface area contributed by atoms with Gasteiger partial charge in [-0.25, -0.2) is 14.8 Å². The molecule has 0 radical (unpaired) electrons. The van der Waals surface area contributed by atoms with Crippen molar-refractivity contribution in [2.24, 2.45) is 5.41 Å². The minimum Gasteiger partial charge on any atom is -0.476 e. The first kappa shape index (κ1) is 14.4. The van der Waals surface area contributed by atoms with Crippen LogP contribution in [0.2, 0.25) is 0 Å². The Labute approximate surface area is 117 Å². The lowest BCUT2D eigenvalue weighted by atomic mass is 9.85. The van der Waals surface area contributed by atoms with Gasteiger partial charge in [0.25, 0.3) is 5.91 Å². The third-order valence-electron chi connectivity index (χ3n) is 3.72. The molecular formula is C14H19N3O3. The second-order valence-electron chi connectivity index (χ2n) is 5.90. The van der Waals surface area contributed by atoms with Crippen molar-refractivity contribution in [3.8, 4) is 0 Å². The predicted molar refractivity (Wildman–Crippen MR) is 72.5 cm³/mol. The largest absolute Gasteiger partial charge is 0.476 e. The van der Waals surface area contributed by atoms with Gasteiger partial charge >= 0.3 is 5.97 Å². The molecule has 1 fully saturated rings. The summed E-state index contributed by atoms with van der Waals surface area (Å²) in [5.74, 6) is -1.32. The number of carboxylic acids is 1. The van der Waals surface area contributed by atoms with Gasteiger partial charge in [0.15, 0.2) is 5.69 Å². The van der Waals surface area contributed by atoms with E-state index in [4.69, 9.17) is 5.11 Å². The quantitative estimate of drug-likeness (QED) is 0.891. The maximum atomic E-state index is 12.3. The monoisotopic (exact) mass is 277 g/mol. The fraction of sp³-hybridized carbons (Fsp3) is 0.571. The van der Waals surface area contributed by atoms with Crippen LogP contribution in [-0.4, -0.2) is 44.9 Å². The molecule has 2 heterocycles. The first-order valence-electron chi connectivity index (χ1n) is 6.74. The summed E-state index contributed by atoms with van der Waals surface area (Å²) >= 11 is 0. The van der Waals surface area contributed by atoms with Crippen molar-refractivity contribution in [3.63, 3.8) is 0 Å². The minimum atomic E-state index is -1.15. The van der Waals surface area contributed by atoms with Crippen LogP contribution in [0, 0.1) is 5.41 Å². The maximum Gasteiger partial charge on any atom is 0.356 e. The number of rotatable bonds is 2. The molecule has 0 aliphatic carbocycles. The van der Waals surface area contributed by atoms with E-state index in [0.29, 0.717) is 13.1 Å². The molecule has 1 N–H and O–H groups in total. The fourth-order valence-electron chi connectivity index (χ4n) is 2.34. The van der Waals surface area contributed by atoms with Crippen molar-refractivity contribution in [1.82, 2.24) is 14.9 Å². The number of carboxylic acid groups (broad SMARTS) is 1. The summed E-state index contributed by atoms with van der Waals surface area (Å²) in [7, 11) is 0. The van der Waals surface area contributed by atoms with Crippen LogP contribution in [-0.2, 0) is 0 Å². The average molecular weight is 277 g/mol. The predicted octanol–water partition coefficient (Wildman–Crippen LogP) is 1.83. The van der Waals surface area contributed by atoms with Gasteiger partial charge in [0, 0.05) is 13.1 Å². The van der Waals surface area contributed by atoms with Gasteiger partial charge in [-0.05, 0) is 24.7 Å². The Morgan fingerprint density at radius 1 is 1.15 bits per heavy atom. The van der Waals surface area contributed by atoms with Gasteiger partial charge in [-0.15, -0.1) is 0 Å². The highest BCUT2D eigenvalue weighted by Gasteiger charge is 2.26. The number of carbonyl (C=O) groups is 2.